The molecule has 0 bridgehead atoms. The van der Waals surface area contributed by atoms with Gasteiger partial charge in [0.1, 0.15) is 5.76 Å². The van der Waals surface area contributed by atoms with Gasteiger partial charge in [-0.3, -0.25) is 14.6 Å². The molecule has 6 nitrogen and oxygen atoms in total. The topological polar surface area (TPSA) is 61.1 Å². The van der Waals surface area contributed by atoms with Crippen LogP contribution in [-0.4, -0.2) is 54.6 Å². The summed E-state index contributed by atoms with van der Waals surface area (Å²) in [5.41, 5.74) is 3.67. The van der Waals surface area contributed by atoms with Crippen LogP contribution < -0.4 is 5.43 Å². The molecule has 1 aliphatic heterocycles. The molecule has 0 saturated carbocycles. The second kappa shape index (κ2) is 8.80. The van der Waals surface area contributed by atoms with E-state index in [4.69, 9.17) is 16.0 Å². The lowest BCUT2D eigenvalue weighted by molar-refractivity contribution is -0.122. The van der Waals surface area contributed by atoms with Crippen LogP contribution in [0, 0.1) is 0 Å². The van der Waals surface area contributed by atoms with Gasteiger partial charge in [0.2, 0.25) is 0 Å². The number of benzene rings is 1. The number of furan rings is 1. The summed E-state index contributed by atoms with van der Waals surface area (Å²) in [7, 11) is 0. The monoisotopic (exact) mass is 360 g/mol. The normalized spacial score (nSPS) is 16.4. The van der Waals surface area contributed by atoms with Crippen LogP contribution in [0.15, 0.2) is 52.2 Å². The Morgan fingerprint density at radius 3 is 2.64 bits per heavy atom. The number of hydrogen-bond donors (Lipinski definition) is 1. The van der Waals surface area contributed by atoms with Crippen LogP contribution in [0.5, 0.6) is 0 Å². The number of amides is 1. The standard InChI is InChI=1S/C18H21ClN4O2/c19-17-6-2-1-4-15(17)13-22-7-9-23(10-8-22)14-18(24)21-20-12-16-5-3-11-25-16/h1-6,11-12H,7-10,13-14H2,(H,21,24)/b20-12+. The number of rotatable bonds is 6. The smallest absolute Gasteiger partial charge is 0.254 e. The minimum absolute atomic E-state index is 0.123. The van der Waals surface area contributed by atoms with Crippen LogP contribution in [-0.2, 0) is 11.3 Å². The first kappa shape index (κ1) is 17.7. The van der Waals surface area contributed by atoms with Crippen molar-refractivity contribution in [2.45, 2.75) is 6.54 Å². The average Bonchev–Trinajstić information content (AvgIpc) is 3.12. The van der Waals surface area contributed by atoms with E-state index in [1.54, 1.807) is 18.4 Å². The van der Waals surface area contributed by atoms with E-state index >= 15 is 0 Å². The van der Waals surface area contributed by atoms with Crippen molar-refractivity contribution in [3.63, 3.8) is 0 Å². The highest BCUT2D eigenvalue weighted by Gasteiger charge is 2.19. The fraction of sp³-hybridized carbons (Fsp3) is 0.333. The second-order valence-electron chi connectivity index (χ2n) is 5.95. The Kier molecular flexibility index (Phi) is 6.22. The Morgan fingerprint density at radius 1 is 1.16 bits per heavy atom. The van der Waals surface area contributed by atoms with Crippen molar-refractivity contribution in [2.75, 3.05) is 32.7 Å². The highest BCUT2D eigenvalue weighted by molar-refractivity contribution is 6.31. The van der Waals surface area contributed by atoms with Gasteiger partial charge in [-0.1, -0.05) is 29.8 Å². The molecular formula is C18H21ClN4O2. The van der Waals surface area contributed by atoms with Crippen molar-refractivity contribution in [1.82, 2.24) is 15.2 Å². The lowest BCUT2D eigenvalue weighted by atomic mass is 10.2. The maximum absolute atomic E-state index is 11.9. The maximum atomic E-state index is 11.9. The van der Waals surface area contributed by atoms with Crippen molar-refractivity contribution in [3.05, 3.63) is 59.0 Å². The van der Waals surface area contributed by atoms with Crippen molar-refractivity contribution in [3.8, 4) is 0 Å². The van der Waals surface area contributed by atoms with E-state index in [2.05, 4.69) is 26.4 Å². The molecule has 0 spiro atoms. The molecule has 25 heavy (non-hydrogen) atoms. The molecule has 1 amide bonds. The molecule has 1 saturated heterocycles. The van der Waals surface area contributed by atoms with Gasteiger partial charge >= 0.3 is 0 Å². The zero-order valence-corrected chi connectivity index (χ0v) is 14.7. The molecule has 2 aromatic rings. The molecule has 0 unspecified atom stereocenters. The van der Waals surface area contributed by atoms with Crippen molar-refractivity contribution in [1.29, 1.82) is 0 Å². The summed E-state index contributed by atoms with van der Waals surface area (Å²) in [5.74, 6) is 0.482. The lowest BCUT2D eigenvalue weighted by Crippen LogP contribution is -2.48. The molecule has 7 heteroatoms. The van der Waals surface area contributed by atoms with Gasteiger partial charge in [0.25, 0.3) is 5.91 Å². The van der Waals surface area contributed by atoms with Crippen LogP contribution >= 0.6 is 11.6 Å². The number of hydrazone groups is 1. The third kappa shape index (κ3) is 5.42. The van der Waals surface area contributed by atoms with E-state index in [0.717, 1.165) is 43.3 Å². The quantitative estimate of drug-likeness (QED) is 0.633. The molecule has 0 radical (unpaired) electrons. The fourth-order valence-electron chi connectivity index (χ4n) is 2.74. The first-order valence-electron chi connectivity index (χ1n) is 8.24. The van der Waals surface area contributed by atoms with E-state index in [0.29, 0.717) is 12.3 Å². The summed E-state index contributed by atoms with van der Waals surface area (Å²) >= 11 is 6.22. The van der Waals surface area contributed by atoms with Gasteiger partial charge < -0.3 is 4.42 Å². The van der Waals surface area contributed by atoms with Gasteiger partial charge in [-0.25, -0.2) is 5.43 Å². The minimum atomic E-state index is -0.123. The Balaban J connectivity index is 1.38. The van der Waals surface area contributed by atoms with Gasteiger partial charge in [0, 0.05) is 37.7 Å². The number of carbonyl (C=O) groups is 1. The number of nitrogens with one attached hydrogen (secondary N) is 1. The fourth-order valence-corrected chi connectivity index (χ4v) is 2.94. The summed E-state index contributed by atoms with van der Waals surface area (Å²) in [6.07, 6.45) is 3.05. The number of nitrogens with zero attached hydrogens (tertiary/aromatic N) is 3. The van der Waals surface area contributed by atoms with Crippen LogP contribution in [0.3, 0.4) is 0 Å². The molecule has 2 heterocycles. The third-order valence-corrected chi connectivity index (χ3v) is 4.48. The zero-order valence-electron chi connectivity index (χ0n) is 13.9. The van der Waals surface area contributed by atoms with Gasteiger partial charge in [-0.15, -0.1) is 0 Å². The Morgan fingerprint density at radius 2 is 1.92 bits per heavy atom. The number of halogens is 1. The van der Waals surface area contributed by atoms with Crippen molar-refractivity contribution >= 4 is 23.7 Å². The first-order valence-corrected chi connectivity index (χ1v) is 8.62. The molecule has 1 aliphatic rings. The summed E-state index contributed by atoms with van der Waals surface area (Å²) in [6.45, 7) is 4.70. The molecule has 1 aromatic heterocycles. The molecule has 132 valence electrons. The van der Waals surface area contributed by atoms with E-state index < -0.39 is 0 Å². The molecule has 0 aliphatic carbocycles. The predicted molar refractivity (Wildman–Crippen MR) is 97.6 cm³/mol. The molecule has 1 aromatic carbocycles. The molecule has 1 fully saturated rings. The van der Waals surface area contributed by atoms with E-state index in [9.17, 15) is 4.79 Å². The van der Waals surface area contributed by atoms with E-state index in [-0.39, 0.29) is 5.91 Å². The third-order valence-electron chi connectivity index (χ3n) is 4.11. The van der Waals surface area contributed by atoms with Crippen molar-refractivity contribution < 1.29 is 9.21 Å². The summed E-state index contributed by atoms with van der Waals surface area (Å²) in [4.78, 5) is 16.4. The average molecular weight is 361 g/mol. The molecule has 3 rings (SSSR count). The van der Waals surface area contributed by atoms with Gasteiger partial charge in [-0.2, -0.15) is 5.10 Å². The van der Waals surface area contributed by atoms with Crippen LogP contribution in [0.1, 0.15) is 11.3 Å². The van der Waals surface area contributed by atoms with E-state index in [1.165, 1.54) is 6.21 Å². The van der Waals surface area contributed by atoms with Crippen LogP contribution in [0.25, 0.3) is 0 Å². The largest absolute Gasteiger partial charge is 0.463 e. The molecular weight excluding hydrogens is 340 g/mol. The highest BCUT2D eigenvalue weighted by Crippen LogP contribution is 2.17. The predicted octanol–water partition coefficient (Wildman–Crippen LogP) is 2.20. The summed E-state index contributed by atoms with van der Waals surface area (Å²) < 4.78 is 5.11. The summed E-state index contributed by atoms with van der Waals surface area (Å²) in [5, 5.41) is 4.69. The van der Waals surface area contributed by atoms with Gasteiger partial charge in [-0.05, 0) is 23.8 Å². The van der Waals surface area contributed by atoms with Crippen molar-refractivity contribution in [2.24, 2.45) is 5.10 Å². The Hall–Kier alpha value is -2.15. The SMILES string of the molecule is O=C(CN1CCN(Cc2ccccc2Cl)CC1)N/N=C/c1ccco1. The van der Waals surface area contributed by atoms with E-state index in [1.807, 2.05) is 18.2 Å². The van der Waals surface area contributed by atoms with Crippen LogP contribution in [0.2, 0.25) is 5.02 Å². The molecule has 1 N–H and O–H groups in total. The number of piperazine rings is 1. The number of hydrogen-bond acceptors (Lipinski definition) is 5. The Labute approximate surface area is 152 Å². The molecule has 0 atom stereocenters. The van der Waals surface area contributed by atoms with Gasteiger partial charge in [0.05, 0.1) is 19.0 Å². The first-order chi connectivity index (χ1) is 12.2. The maximum Gasteiger partial charge on any atom is 0.254 e. The zero-order chi connectivity index (χ0) is 17.5. The number of carbonyl (C=O) groups excluding carboxylic acids is 1. The van der Waals surface area contributed by atoms with Gasteiger partial charge in [0.15, 0.2) is 0 Å². The Bertz CT molecular complexity index is 710. The minimum Gasteiger partial charge on any atom is -0.463 e. The lowest BCUT2D eigenvalue weighted by Gasteiger charge is -2.34. The second-order valence-corrected chi connectivity index (χ2v) is 6.36. The highest BCUT2D eigenvalue weighted by atomic mass is 35.5. The summed E-state index contributed by atoms with van der Waals surface area (Å²) in [6, 6.07) is 11.5. The van der Waals surface area contributed by atoms with Crippen LogP contribution in [0.4, 0.5) is 0 Å².